The van der Waals surface area contributed by atoms with Crippen molar-refractivity contribution in [2.24, 2.45) is 23.2 Å². The molecular weight excluding hydrogens is 310 g/mol. The molecule has 0 aromatic heterocycles. The van der Waals surface area contributed by atoms with E-state index in [1.807, 2.05) is 0 Å². The van der Waals surface area contributed by atoms with Crippen LogP contribution in [-0.2, 0) is 0 Å². The highest BCUT2D eigenvalue weighted by atomic mass is 79.9. The maximum absolute atomic E-state index is 3.75. The van der Waals surface area contributed by atoms with Crippen molar-refractivity contribution >= 4 is 21.6 Å². The van der Waals surface area contributed by atoms with Gasteiger partial charge in [0.2, 0.25) is 0 Å². The van der Waals surface area contributed by atoms with Crippen molar-refractivity contribution in [3.8, 4) is 0 Å². The first-order valence-corrected chi connectivity index (χ1v) is 8.91. The van der Waals surface area contributed by atoms with Crippen LogP contribution in [0.25, 0.3) is 0 Å². The van der Waals surface area contributed by atoms with E-state index in [-0.39, 0.29) is 0 Å². The number of anilines is 1. The minimum atomic E-state index is 0.621. The van der Waals surface area contributed by atoms with E-state index in [2.05, 4.69) is 46.4 Å². The number of benzene rings is 1. The lowest BCUT2D eigenvalue weighted by molar-refractivity contribution is -0.0444. The summed E-state index contributed by atoms with van der Waals surface area (Å²) in [5.41, 5.74) is 3.23. The summed E-state index contributed by atoms with van der Waals surface area (Å²) in [6, 6.07) is 6.64. The van der Waals surface area contributed by atoms with Crippen molar-refractivity contribution < 1.29 is 0 Å². The van der Waals surface area contributed by atoms with Gasteiger partial charge in [-0.05, 0) is 92.4 Å². The molecule has 0 radical (unpaired) electrons. The second-order valence-electron chi connectivity index (χ2n) is 7.74. The fraction of sp³-hybridized carbons (Fsp3) is 0.667. The molecule has 0 aliphatic heterocycles. The summed E-state index contributed by atoms with van der Waals surface area (Å²) < 4.78 is 1.21. The Balaban J connectivity index is 1.47. The summed E-state index contributed by atoms with van der Waals surface area (Å²) >= 11 is 3.58. The van der Waals surface area contributed by atoms with E-state index in [9.17, 15) is 0 Å². The number of nitrogens with one attached hydrogen (secondary N) is 1. The molecule has 4 fully saturated rings. The van der Waals surface area contributed by atoms with Gasteiger partial charge in [-0.3, -0.25) is 0 Å². The van der Waals surface area contributed by atoms with E-state index >= 15 is 0 Å². The highest BCUT2D eigenvalue weighted by Gasteiger charge is 2.50. The van der Waals surface area contributed by atoms with Crippen molar-refractivity contribution in [1.82, 2.24) is 0 Å². The summed E-state index contributed by atoms with van der Waals surface area (Å²) in [5, 5.41) is 3.75. The monoisotopic (exact) mass is 333 g/mol. The predicted octanol–water partition coefficient (Wildman–Crippen LogP) is 5.39. The first kappa shape index (κ1) is 13.2. The van der Waals surface area contributed by atoms with Crippen molar-refractivity contribution in [3.05, 3.63) is 28.2 Å². The molecule has 1 aromatic rings. The predicted molar refractivity (Wildman–Crippen MR) is 88.0 cm³/mol. The third-order valence-corrected chi connectivity index (χ3v) is 6.88. The Kier molecular flexibility index (Phi) is 3.14. The molecule has 1 aromatic carbocycles. The summed E-state index contributed by atoms with van der Waals surface area (Å²) in [6.07, 6.45) is 9.08. The molecule has 0 saturated heterocycles. The topological polar surface area (TPSA) is 12.0 Å². The summed E-state index contributed by atoms with van der Waals surface area (Å²) in [6.45, 7) is 3.36. The van der Waals surface area contributed by atoms with Gasteiger partial charge in [0.05, 0.1) is 0 Å². The third-order valence-electron chi connectivity index (χ3n) is 5.99. The van der Waals surface area contributed by atoms with Crippen molar-refractivity contribution in [2.75, 3.05) is 11.9 Å². The summed E-state index contributed by atoms with van der Waals surface area (Å²) in [4.78, 5) is 0. The molecule has 0 spiro atoms. The standard InChI is InChI=1S/C18H24BrN/c1-12-4-16(2-3-17(12)19)20-11-18-8-13-5-14(9-18)7-15(6-13)10-18/h2-4,13-15,20H,5-11H2,1H3. The molecule has 1 N–H and O–H groups in total. The molecule has 1 nitrogen and oxygen atoms in total. The average molecular weight is 334 g/mol. The fourth-order valence-electron chi connectivity index (χ4n) is 5.55. The zero-order valence-corrected chi connectivity index (χ0v) is 13.9. The lowest BCUT2D eigenvalue weighted by Gasteiger charge is -2.57. The van der Waals surface area contributed by atoms with Crippen LogP contribution in [0.4, 0.5) is 5.69 Å². The van der Waals surface area contributed by atoms with Gasteiger partial charge in [0.25, 0.3) is 0 Å². The van der Waals surface area contributed by atoms with Gasteiger partial charge >= 0.3 is 0 Å². The smallest absolute Gasteiger partial charge is 0.0343 e. The molecule has 4 saturated carbocycles. The third kappa shape index (κ3) is 2.30. The first-order valence-electron chi connectivity index (χ1n) is 8.12. The van der Waals surface area contributed by atoms with Gasteiger partial charge in [-0.1, -0.05) is 15.9 Å². The van der Waals surface area contributed by atoms with Crippen LogP contribution in [-0.4, -0.2) is 6.54 Å². The molecule has 4 aliphatic carbocycles. The maximum atomic E-state index is 3.75. The first-order chi connectivity index (χ1) is 9.62. The second-order valence-corrected chi connectivity index (χ2v) is 8.59. The number of aryl methyl sites for hydroxylation is 1. The van der Waals surface area contributed by atoms with E-state index < -0.39 is 0 Å². The molecule has 108 valence electrons. The van der Waals surface area contributed by atoms with E-state index in [0.29, 0.717) is 5.41 Å². The van der Waals surface area contributed by atoms with Crippen LogP contribution >= 0.6 is 15.9 Å². The summed E-state index contributed by atoms with van der Waals surface area (Å²) in [5.74, 6) is 3.15. The Bertz CT molecular complexity index is 487. The average Bonchev–Trinajstić information content (AvgIpc) is 2.39. The van der Waals surface area contributed by atoms with Crippen LogP contribution in [0.15, 0.2) is 22.7 Å². The number of hydrogen-bond donors (Lipinski definition) is 1. The van der Waals surface area contributed by atoms with Crippen LogP contribution in [0.3, 0.4) is 0 Å². The van der Waals surface area contributed by atoms with Crippen LogP contribution < -0.4 is 5.32 Å². The molecule has 4 bridgehead atoms. The quantitative estimate of drug-likeness (QED) is 0.782. The molecule has 2 heteroatoms. The highest BCUT2D eigenvalue weighted by Crippen LogP contribution is 2.59. The van der Waals surface area contributed by atoms with E-state index in [1.54, 1.807) is 0 Å². The second kappa shape index (κ2) is 4.76. The molecule has 4 aliphatic rings. The SMILES string of the molecule is Cc1cc(NCC23CC4CC(CC(C4)C2)C3)ccc1Br. The molecule has 20 heavy (non-hydrogen) atoms. The van der Waals surface area contributed by atoms with Gasteiger partial charge in [-0.2, -0.15) is 0 Å². The number of rotatable bonds is 3. The van der Waals surface area contributed by atoms with Crippen molar-refractivity contribution in [1.29, 1.82) is 0 Å². The molecule has 0 heterocycles. The molecule has 5 rings (SSSR count). The lowest BCUT2D eigenvalue weighted by atomic mass is 9.49. The van der Waals surface area contributed by atoms with Crippen molar-refractivity contribution in [3.63, 3.8) is 0 Å². The van der Waals surface area contributed by atoms with E-state index in [1.165, 1.54) is 60.8 Å². The largest absolute Gasteiger partial charge is 0.384 e. The van der Waals surface area contributed by atoms with Gasteiger partial charge < -0.3 is 5.32 Å². The highest BCUT2D eigenvalue weighted by molar-refractivity contribution is 9.10. The Labute approximate surface area is 130 Å². The Morgan fingerprint density at radius 2 is 1.70 bits per heavy atom. The summed E-state index contributed by atoms with van der Waals surface area (Å²) in [7, 11) is 0. The Morgan fingerprint density at radius 1 is 1.10 bits per heavy atom. The number of hydrogen-bond acceptors (Lipinski definition) is 1. The minimum Gasteiger partial charge on any atom is -0.384 e. The maximum Gasteiger partial charge on any atom is 0.0343 e. The van der Waals surface area contributed by atoms with E-state index in [0.717, 1.165) is 17.8 Å². The zero-order valence-electron chi connectivity index (χ0n) is 12.3. The molecule has 0 unspecified atom stereocenters. The molecule has 0 amide bonds. The van der Waals surface area contributed by atoms with Crippen LogP contribution in [0, 0.1) is 30.1 Å². The Hall–Kier alpha value is -0.500. The van der Waals surface area contributed by atoms with Gasteiger partial charge in [0.15, 0.2) is 0 Å². The van der Waals surface area contributed by atoms with Gasteiger partial charge in [-0.15, -0.1) is 0 Å². The van der Waals surface area contributed by atoms with Crippen LogP contribution in [0.1, 0.15) is 44.1 Å². The van der Waals surface area contributed by atoms with Gasteiger partial charge in [-0.25, -0.2) is 0 Å². The minimum absolute atomic E-state index is 0.621. The lowest BCUT2D eigenvalue weighted by Crippen LogP contribution is -2.49. The fourth-order valence-corrected chi connectivity index (χ4v) is 5.80. The normalized spacial score (nSPS) is 38.2. The molecular formula is C18H24BrN. The molecule has 0 atom stereocenters. The van der Waals surface area contributed by atoms with Crippen molar-refractivity contribution in [2.45, 2.75) is 45.4 Å². The Morgan fingerprint density at radius 3 is 2.25 bits per heavy atom. The zero-order chi connectivity index (χ0) is 13.7. The number of halogens is 1. The van der Waals surface area contributed by atoms with E-state index in [4.69, 9.17) is 0 Å². The van der Waals surface area contributed by atoms with Crippen LogP contribution in [0.2, 0.25) is 0 Å². The van der Waals surface area contributed by atoms with Gasteiger partial charge in [0, 0.05) is 16.7 Å². The van der Waals surface area contributed by atoms with Gasteiger partial charge in [0.1, 0.15) is 0 Å². The van der Waals surface area contributed by atoms with Crippen LogP contribution in [0.5, 0.6) is 0 Å².